The second-order valence-corrected chi connectivity index (χ2v) is 4.03. The first kappa shape index (κ1) is 14.3. The number of nitrogens with zero attached hydrogens (tertiary/aromatic N) is 1. The summed E-state index contributed by atoms with van der Waals surface area (Å²) >= 11 is 0. The van der Waals surface area contributed by atoms with Gasteiger partial charge in [-0.1, -0.05) is 30.3 Å². The van der Waals surface area contributed by atoms with Crippen LogP contribution in [0.3, 0.4) is 0 Å². The molecule has 0 aliphatic rings. The highest BCUT2D eigenvalue weighted by molar-refractivity contribution is 5.87. The van der Waals surface area contributed by atoms with Crippen LogP contribution in [0.5, 0.6) is 0 Å². The van der Waals surface area contributed by atoms with Gasteiger partial charge in [-0.3, -0.25) is 0 Å². The van der Waals surface area contributed by atoms with E-state index in [9.17, 15) is 0 Å². The van der Waals surface area contributed by atoms with E-state index < -0.39 is 0 Å². The second kappa shape index (κ2) is 7.55. The minimum absolute atomic E-state index is 0.168. The van der Waals surface area contributed by atoms with Crippen molar-refractivity contribution in [3.8, 4) is 0 Å². The number of oxime groups is 1. The first-order valence-electron chi connectivity index (χ1n) is 6.03. The molecule has 0 spiro atoms. The monoisotopic (exact) mass is 251 g/mol. The molecule has 1 atom stereocenters. The van der Waals surface area contributed by atoms with E-state index in [4.69, 9.17) is 15.7 Å². The van der Waals surface area contributed by atoms with Gasteiger partial charge in [0.1, 0.15) is 0 Å². The van der Waals surface area contributed by atoms with Crippen LogP contribution in [0.1, 0.15) is 18.9 Å². The van der Waals surface area contributed by atoms with Crippen LogP contribution in [0.2, 0.25) is 0 Å². The minimum atomic E-state index is -0.168. The second-order valence-electron chi connectivity index (χ2n) is 4.03. The van der Waals surface area contributed by atoms with Gasteiger partial charge in [0.2, 0.25) is 0 Å². The summed E-state index contributed by atoms with van der Waals surface area (Å²) in [5.41, 5.74) is 7.79. The van der Waals surface area contributed by atoms with Crippen molar-refractivity contribution >= 4 is 11.5 Å². The Bertz CT molecular complexity index is 394. The number of methoxy groups -OCH3 is 1. The number of hydrogen-bond acceptors (Lipinski definition) is 4. The van der Waals surface area contributed by atoms with Crippen molar-refractivity contribution in [1.82, 2.24) is 0 Å². The van der Waals surface area contributed by atoms with Crippen LogP contribution >= 0.6 is 0 Å². The summed E-state index contributed by atoms with van der Waals surface area (Å²) in [4.78, 5) is 0. The van der Waals surface area contributed by atoms with Gasteiger partial charge in [-0.05, 0) is 24.5 Å². The van der Waals surface area contributed by atoms with Gasteiger partial charge in [-0.15, -0.1) is 0 Å². The van der Waals surface area contributed by atoms with Crippen LogP contribution in [-0.4, -0.2) is 30.8 Å². The van der Waals surface area contributed by atoms with Crippen molar-refractivity contribution in [3.63, 3.8) is 0 Å². The average molecular weight is 251 g/mol. The van der Waals surface area contributed by atoms with Gasteiger partial charge in [0.25, 0.3) is 0 Å². The summed E-state index contributed by atoms with van der Waals surface area (Å²) in [5.74, 6) is 0.194. The molecule has 0 radical (unpaired) electrons. The molecule has 1 unspecified atom stereocenters. The Kier molecular flexibility index (Phi) is 6.00. The van der Waals surface area contributed by atoms with Gasteiger partial charge in [-0.2, -0.15) is 0 Å². The lowest BCUT2D eigenvalue weighted by Crippen LogP contribution is -2.35. The molecule has 5 nitrogen and oxygen atoms in total. The Labute approximate surface area is 108 Å². The SMILES string of the molecule is CCC(Nc1ccccc1CCOC)/C(N)=N/O. The third kappa shape index (κ3) is 3.92. The fraction of sp³-hybridized carbons (Fsp3) is 0.462. The fourth-order valence-electron chi connectivity index (χ4n) is 1.73. The maximum atomic E-state index is 8.73. The number of nitrogens with two attached hydrogens (primary N) is 1. The molecule has 1 rings (SSSR count). The quantitative estimate of drug-likeness (QED) is 0.299. The molecule has 0 fully saturated rings. The van der Waals surface area contributed by atoms with Gasteiger partial charge in [0.15, 0.2) is 5.84 Å². The summed E-state index contributed by atoms with van der Waals surface area (Å²) in [6.07, 6.45) is 1.57. The summed E-state index contributed by atoms with van der Waals surface area (Å²) in [6, 6.07) is 7.80. The van der Waals surface area contributed by atoms with Gasteiger partial charge in [0, 0.05) is 12.8 Å². The standard InChI is InChI=1S/C13H21N3O2/c1-3-11(13(14)16-17)15-12-7-5-4-6-10(12)8-9-18-2/h4-7,11,15,17H,3,8-9H2,1-2H3,(H2,14,16). The van der Waals surface area contributed by atoms with E-state index in [1.807, 2.05) is 31.2 Å². The topological polar surface area (TPSA) is 79.9 Å². The number of ether oxygens (including phenoxy) is 1. The van der Waals surface area contributed by atoms with Gasteiger partial charge < -0.3 is 21.0 Å². The van der Waals surface area contributed by atoms with Crippen molar-refractivity contribution in [3.05, 3.63) is 29.8 Å². The van der Waals surface area contributed by atoms with E-state index in [-0.39, 0.29) is 11.9 Å². The molecule has 0 amide bonds. The molecule has 0 heterocycles. The van der Waals surface area contributed by atoms with E-state index in [1.54, 1.807) is 7.11 Å². The molecular weight excluding hydrogens is 230 g/mol. The van der Waals surface area contributed by atoms with Gasteiger partial charge in [0.05, 0.1) is 12.6 Å². The number of benzene rings is 1. The van der Waals surface area contributed by atoms with E-state index >= 15 is 0 Å². The van der Waals surface area contributed by atoms with E-state index in [2.05, 4.69) is 10.5 Å². The molecule has 1 aromatic carbocycles. The number of rotatable bonds is 7. The first-order chi connectivity index (χ1) is 8.72. The van der Waals surface area contributed by atoms with Crippen LogP contribution in [0.25, 0.3) is 0 Å². The number of para-hydroxylation sites is 1. The van der Waals surface area contributed by atoms with Gasteiger partial charge >= 0.3 is 0 Å². The maximum Gasteiger partial charge on any atom is 0.161 e. The molecule has 0 saturated carbocycles. The molecule has 4 N–H and O–H groups in total. The molecular formula is C13H21N3O2. The zero-order valence-corrected chi connectivity index (χ0v) is 10.9. The highest BCUT2D eigenvalue weighted by Crippen LogP contribution is 2.17. The lowest BCUT2D eigenvalue weighted by Gasteiger charge is -2.19. The Morgan fingerprint density at radius 1 is 1.50 bits per heavy atom. The summed E-state index contributed by atoms with van der Waals surface area (Å²) in [7, 11) is 1.68. The summed E-state index contributed by atoms with van der Waals surface area (Å²) < 4.78 is 5.08. The summed E-state index contributed by atoms with van der Waals surface area (Å²) in [6.45, 7) is 2.65. The first-order valence-corrected chi connectivity index (χ1v) is 6.03. The predicted octanol–water partition coefficient (Wildman–Crippen LogP) is 1.81. The zero-order chi connectivity index (χ0) is 13.4. The summed E-state index contributed by atoms with van der Waals surface area (Å²) in [5, 5.41) is 15.1. The highest BCUT2D eigenvalue weighted by atomic mass is 16.5. The Balaban J connectivity index is 2.81. The van der Waals surface area contributed by atoms with Gasteiger partial charge in [-0.25, -0.2) is 0 Å². The maximum absolute atomic E-state index is 8.73. The van der Waals surface area contributed by atoms with E-state index in [1.165, 1.54) is 0 Å². The molecule has 18 heavy (non-hydrogen) atoms. The molecule has 5 heteroatoms. The number of nitrogens with one attached hydrogen (secondary N) is 1. The van der Waals surface area contributed by atoms with Crippen molar-refractivity contribution in [2.24, 2.45) is 10.9 Å². The van der Waals surface area contributed by atoms with Crippen LogP contribution in [-0.2, 0) is 11.2 Å². The minimum Gasteiger partial charge on any atom is -0.409 e. The lowest BCUT2D eigenvalue weighted by molar-refractivity contribution is 0.202. The number of hydrogen-bond donors (Lipinski definition) is 3. The third-order valence-electron chi connectivity index (χ3n) is 2.80. The van der Waals surface area contributed by atoms with Crippen molar-refractivity contribution in [2.45, 2.75) is 25.8 Å². The largest absolute Gasteiger partial charge is 0.409 e. The molecule has 100 valence electrons. The number of amidine groups is 1. The molecule has 0 saturated heterocycles. The molecule has 0 aliphatic carbocycles. The van der Waals surface area contributed by atoms with Crippen LogP contribution in [0.15, 0.2) is 29.4 Å². The predicted molar refractivity (Wildman–Crippen MR) is 73.1 cm³/mol. The highest BCUT2D eigenvalue weighted by Gasteiger charge is 2.12. The van der Waals surface area contributed by atoms with Crippen molar-refractivity contribution in [2.75, 3.05) is 19.0 Å². The van der Waals surface area contributed by atoms with Crippen LogP contribution in [0, 0.1) is 0 Å². The van der Waals surface area contributed by atoms with Crippen LogP contribution in [0.4, 0.5) is 5.69 Å². The molecule has 0 aromatic heterocycles. The Morgan fingerprint density at radius 2 is 2.22 bits per heavy atom. The van der Waals surface area contributed by atoms with E-state index in [0.29, 0.717) is 6.61 Å². The Hall–Kier alpha value is -1.75. The molecule has 1 aromatic rings. The fourth-order valence-corrected chi connectivity index (χ4v) is 1.73. The smallest absolute Gasteiger partial charge is 0.161 e. The Morgan fingerprint density at radius 3 is 2.83 bits per heavy atom. The van der Waals surface area contributed by atoms with Crippen molar-refractivity contribution in [1.29, 1.82) is 0 Å². The van der Waals surface area contributed by atoms with Crippen molar-refractivity contribution < 1.29 is 9.94 Å². The molecule has 0 aliphatic heterocycles. The third-order valence-corrected chi connectivity index (χ3v) is 2.80. The number of anilines is 1. The zero-order valence-electron chi connectivity index (χ0n) is 10.9. The molecule has 0 bridgehead atoms. The average Bonchev–Trinajstić information content (AvgIpc) is 2.42. The van der Waals surface area contributed by atoms with E-state index in [0.717, 1.165) is 24.1 Å². The lowest BCUT2D eigenvalue weighted by atomic mass is 10.1. The van der Waals surface area contributed by atoms with Crippen LogP contribution < -0.4 is 11.1 Å². The normalized spacial score (nSPS) is 13.3.